The second kappa shape index (κ2) is 5.58. The molecule has 1 heterocycles. The van der Waals surface area contributed by atoms with Crippen LogP contribution in [-0.4, -0.2) is 13.0 Å². The maximum Gasteiger partial charge on any atom is 0.419 e. The average molecular weight is 332 g/mol. The summed E-state index contributed by atoms with van der Waals surface area (Å²) in [6.45, 7) is 2.00. The molecule has 0 aliphatic carbocycles. The van der Waals surface area contributed by atoms with E-state index in [9.17, 15) is 13.2 Å². The predicted molar refractivity (Wildman–Crippen MR) is 88.1 cm³/mol. The number of aromatic nitrogens is 1. The van der Waals surface area contributed by atoms with Crippen molar-refractivity contribution in [1.82, 2.24) is 4.57 Å². The second-order valence-corrected chi connectivity index (χ2v) is 6.89. The Morgan fingerprint density at radius 3 is 2.48 bits per heavy atom. The van der Waals surface area contributed by atoms with Gasteiger partial charge in [-0.15, -0.1) is 0 Å². The molecule has 1 N–H and O–H groups in total. The first-order valence-corrected chi connectivity index (χ1v) is 8.60. The Kier molecular flexibility index (Phi) is 3.73. The molecule has 120 valence electrons. The molecule has 0 unspecified atom stereocenters. The fraction of sp³-hybridized carbons (Fsp3) is 0.188. The van der Waals surface area contributed by atoms with E-state index >= 15 is 0 Å². The number of anilines is 1. The lowest BCUT2D eigenvalue weighted by molar-refractivity contribution is 0.528. The van der Waals surface area contributed by atoms with Crippen molar-refractivity contribution < 1.29 is 12.8 Å². The molecular formula is C16H16N2O4S. The van der Waals surface area contributed by atoms with E-state index in [4.69, 9.17) is 4.42 Å². The number of fused-ring (bicyclic) bond motifs is 1. The monoisotopic (exact) mass is 332 g/mol. The van der Waals surface area contributed by atoms with Crippen molar-refractivity contribution >= 4 is 26.8 Å². The first-order chi connectivity index (χ1) is 10.9. The molecule has 0 atom stereocenters. The van der Waals surface area contributed by atoms with Gasteiger partial charge in [0.25, 0.3) is 10.0 Å². The van der Waals surface area contributed by atoms with Crippen LogP contribution in [0.3, 0.4) is 0 Å². The van der Waals surface area contributed by atoms with Crippen molar-refractivity contribution in [2.75, 3.05) is 4.72 Å². The minimum absolute atomic E-state index is 0.185. The maximum absolute atomic E-state index is 12.4. The van der Waals surface area contributed by atoms with Crippen LogP contribution in [0.5, 0.6) is 0 Å². The highest BCUT2D eigenvalue weighted by Gasteiger charge is 2.15. The van der Waals surface area contributed by atoms with Crippen LogP contribution in [0.4, 0.5) is 5.69 Å². The standard InChI is InChI=1S/C16H16N2O4S/c1-3-11-4-7-13(8-5-11)23(20,21)17-12-6-9-14-15(10-12)22-16(19)18(14)2/h4-10,17H,3H2,1-2H3. The number of oxazole rings is 1. The molecule has 0 spiro atoms. The van der Waals surface area contributed by atoms with Crippen LogP contribution >= 0.6 is 0 Å². The zero-order valence-electron chi connectivity index (χ0n) is 12.7. The summed E-state index contributed by atoms with van der Waals surface area (Å²) in [6.07, 6.45) is 0.845. The van der Waals surface area contributed by atoms with Gasteiger partial charge >= 0.3 is 5.76 Å². The van der Waals surface area contributed by atoms with Crippen molar-refractivity contribution in [3.8, 4) is 0 Å². The number of rotatable bonds is 4. The van der Waals surface area contributed by atoms with Crippen LogP contribution < -0.4 is 10.5 Å². The van der Waals surface area contributed by atoms with Gasteiger partial charge in [-0.05, 0) is 36.2 Å². The first-order valence-electron chi connectivity index (χ1n) is 7.12. The molecule has 0 bridgehead atoms. The number of aryl methyl sites for hydroxylation is 2. The van der Waals surface area contributed by atoms with E-state index in [1.165, 1.54) is 10.6 Å². The van der Waals surface area contributed by atoms with Gasteiger partial charge in [0, 0.05) is 13.1 Å². The number of sulfonamides is 1. The fourth-order valence-electron chi connectivity index (χ4n) is 2.32. The van der Waals surface area contributed by atoms with Crippen molar-refractivity contribution in [1.29, 1.82) is 0 Å². The third kappa shape index (κ3) is 2.87. The summed E-state index contributed by atoms with van der Waals surface area (Å²) >= 11 is 0. The van der Waals surface area contributed by atoms with Crippen LogP contribution in [-0.2, 0) is 23.5 Å². The van der Waals surface area contributed by atoms with Crippen LogP contribution in [0.25, 0.3) is 11.1 Å². The van der Waals surface area contributed by atoms with Gasteiger partial charge in [0.15, 0.2) is 5.58 Å². The topological polar surface area (TPSA) is 81.3 Å². The fourth-order valence-corrected chi connectivity index (χ4v) is 3.37. The molecule has 0 saturated heterocycles. The highest BCUT2D eigenvalue weighted by atomic mass is 32.2. The quantitative estimate of drug-likeness (QED) is 0.796. The highest BCUT2D eigenvalue weighted by Crippen LogP contribution is 2.21. The number of nitrogens with zero attached hydrogens (tertiary/aromatic N) is 1. The van der Waals surface area contributed by atoms with Crippen LogP contribution in [0, 0.1) is 0 Å². The van der Waals surface area contributed by atoms with Gasteiger partial charge in [-0.1, -0.05) is 19.1 Å². The lowest BCUT2D eigenvalue weighted by Gasteiger charge is -2.08. The summed E-state index contributed by atoms with van der Waals surface area (Å²) in [6, 6.07) is 11.4. The van der Waals surface area contributed by atoms with Gasteiger partial charge in [-0.3, -0.25) is 9.29 Å². The smallest absolute Gasteiger partial charge is 0.408 e. The Morgan fingerprint density at radius 2 is 1.83 bits per heavy atom. The largest absolute Gasteiger partial charge is 0.419 e. The van der Waals surface area contributed by atoms with Gasteiger partial charge in [0.1, 0.15) is 0 Å². The van der Waals surface area contributed by atoms with E-state index in [1.54, 1.807) is 43.4 Å². The van der Waals surface area contributed by atoms with Gasteiger partial charge in [-0.2, -0.15) is 0 Å². The Morgan fingerprint density at radius 1 is 1.13 bits per heavy atom. The average Bonchev–Trinajstić information content (AvgIpc) is 2.81. The molecule has 0 aliphatic rings. The summed E-state index contributed by atoms with van der Waals surface area (Å²) in [5.74, 6) is -0.491. The third-order valence-electron chi connectivity index (χ3n) is 3.69. The molecule has 1 aromatic heterocycles. The maximum atomic E-state index is 12.4. The van der Waals surface area contributed by atoms with Crippen LogP contribution in [0.2, 0.25) is 0 Å². The van der Waals surface area contributed by atoms with Gasteiger partial charge in [0.2, 0.25) is 0 Å². The minimum atomic E-state index is -3.69. The van der Waals surface area contributed by atoms with E-state index in [2.05, 4.69) is 4.72 Å². The third-order valence-corrected chi connectivity index (χ3v) is 5.08. The highest BCUT2D eigenvalue weighted by molar-refractivity contribution is 7.92. The summed E-state index contributed by atoms with van der Waals surface area (Å²) in [5.41, 5.74) is 2.34. The lowest BCUT2D eigenvalue weighted by Crippen LogP contribution is -2.12. The van der Waals surface area contributed by atoms with Crippen molar-refractivity contribution in [2.45, 2.75) is 18.2 Å². The second-order valence-electron chi connectivity index (χ2n) is 5.21. The Bertz CT molecular complexity index is 1010. The van der Waals surface area contributed by atoms with E-state index in [0.29, 0.717) is 16.8 Å². The molecule has 0 radical (unpaired) electrons. The SMILES string of the molecule is CCc1ccc(S(=O)(=O)Nc2ccc3c(c2)oc(=O)n3C)cc1. The Hall–Kier alpha value is -2.54. The summed E-state index contributed by atoms with van der Waals surface area (Å²) < 4.78 is 33.7. The van der Waals surface area contributed by atoms with E-state index in [0.717, 1.165) is 12.0 Å². The molecule has 3 aromatic rings. The number of hydrogen-bond donors (Lipinski definition) is 1. The molecule has 0 fully saturated rings. The van der Waals surface area contributed by atoms with Crippen molar-refractivity contribution in [2.24, 2.45) is 7.05 Å². The van der Waals surface area contributed by atoms with Gasteiger partial charge in [-0.25, -0.2) is 13.2 Å². The van der Waals surface area contributed by atoms with Crippen LogP contribution in [0.1, 0.15) is 12.5 Å². The molecule has 6 nitrogen and oxygen atoms in total. The minimum Gasteiger partial charge on any atom is -0.408 e. The van der Waals surface area contributed by atoms with Gasteiger partial charge in [0.05, 0.1) is 16.1 Å². The zero-order valence-corrected chi connectivity index (χ0v) is 13.6. The first kappa shape index (κ1) is 15.4. The molecule has 3 rings (SSSR count). The summed E-state index contributed by atoms with van der Waals surface area (Å²) in [7, 11) is -2.10. The van der Waals surface area contributed by atoms with Gasteiger partial charge < -0.3 is 4.42 Å². The van der Waals surface area contributed by atoms with Crippen molar-refractivity contribution in [3.05, 3.63) is 58.6 Å². The molecular weight excluding hydrogens is 316 g/mol. The molecule has 23 heavy (non-hydrogen) atoms. The number of hydrogen-bond acceptors (Lipinski definition) is 4. The van der Waals surface area contributed by atoms with Crippen LogP contribution in [0.15, 0.2) is 56.6 Å². The predicted octanol–water partition coefficient (Wildman–Crippen LogP) is 2.49. The summed E-state index contributed by atoms with van der Waals surface area (Å²) in [5, 5.41) is 0. The molecule has 0 amide bonds. The molecule has 0 aliphatic heterocycles. The lowest BCUT2D eigenvalue weighted by atomic mass is 10.2. The Balaban J connectivity index is 1.94. The normalized spacial score (nSPS) is 11.7. The molecule has 7 heteroatoms. The number of nitrogens with one attached hydrogen (secondary N) is 1. The Labute approximate surface area is 133 Å². The number of benzene rings is 2. The van der Waals surface area contributed by atoms with E-state index in [1.807, 2.05) is 6.92 Å². The molecule has 2 aromatic carbocycles. The van der Waals surface area contributed by atoms with E-state index < -0.39 is 15.8 Å². The summed E-state index contributed by atoms with van der Waals surface area (Å²) in [4.78, 5) is 11.7. The van der Waals surface area contributed by atoms with E-state index in [-0.39, 0.29) is 4.90 Å². The van der Waals surface area contributed by atoms with Crippen molar-refractivity contribution in [3.63, 3.8) is 0 Å². The zero-order chi connectivity index (χ0) is 16.6. The molecule has 0 saturated carbocycles.